The van der Waals surface area contributed by atoms with E-state index in [4.69, 9.17) is 0 Å². The standard InChI is InChI=1S/C20H23F3N2O4S/c1-19(2,3)14-6-8-15(9-7-14)29-20(22,23)18(26)24-12-13-5-10-17(16(21)11-13)25-30(4,27)28/h5-11,25H,12H2,1-4H3,(H,24,26)/i22-1. The summed E-state index contributed by atoms with van der Waals surface area (Å²) in [4.78, 5) is 11.8. The van der Waals surface area contributed by atoms with E-state index < -0.39 is 34.4 Å². The first-order chi connectivity index (χ1) is 13.7. The van der Waals surface area contributed by atoms with Crippen LogP contribution in [0.1, 0.15) is 31.9 Å². The van der Waals surface area contributed by atoms with Gasteiger partial charge in [-0.3, -0.25) is 9.52 Å². The molecule has 10 heteroatoms. The molecule has 30 heavy (non-hydrogen) atoms. The predicted molar refractivity (Wildman–Crippen MR) is 107 cm³/mol. The van der Waals surface area contributed by atoms with Crippen LogP contribution in [0.25, 0.3) is 0 Å². The third kappa shape index (κ3) is 6.65. The van der Waals surface area contributed by atoms with Crippen molar-refractivity contribution in [1.29, 1.82) is 0 Å². The third-order valence-corrected chi connectivity index (χ3v) is 4.60. The first kappa shape index (κ1) is 23.5. The minimum absolute atomic E-state index is 0.158. The van der Waals surface area contributed by atoms with Gasteiger partial charge in [0.2, 0.25) is 10.0 Å². The van der Waals surface area contributed by atoms with Gasteiger partial charge in [-0.1, -0.05) is 39.0 Å². The number of carbonyl (C=O) groups excluding carboxylic acids is 1. The molecule has 1 amide bonds. The molecule has 0 aliphatic rings. The Hall–Kier alpha value is -2.75. The number of nitrogens with one attached hydrogen (secondary N) is 2. The largest absolute Gasteiger partial charge is 0.482 e. The van der Waals surface area contributed by atoms with Crippen LogP contribution in [-0.4, -0.2) is 26.7 Å². The summed E-state index contributed by atoms with van der Waals surface area (Å²) in [5, 5.41) is 1.97. The quantitative estimate of drug-likeness (QED) is 0.682. The molecule has 6 nitrogen and oxygen atoms in total. The smallest absolute Gasteiger partial charge is 0.425 e. The van der Waals surface area contributed by atoms with Crippen molar-refractivity contribution in [2.45, 2.75) is 38.8 Å². The zero-order valence-electron chi connectivity index (χ0n) is 16.9. The Labute approximate surface area is 173 Å². The van der Waals surface area contributed by atoms with Crippen LogP contribution in [0, 0.1) is 5.82 Å². The highest BCUT2D eigenvalue weighted by atomic mass is 32.2. The molecule has 0 radical (unpaired) electrons. The maximum absolute atomic E-state index is 14.1. The second-order valence-electron chi connectivity index (χ2n) is 7.76. The number of hydrogen-bond donors (Lipinski definition) is 2. The van der Waals surface area contributed by atoms with Gasteiger partial charge in [-0.05, 0) is 40.8 Å². The number of benzene rings is 2. The first-order valence-electron chi connectivity index (χ1n) is 8.89. The van der Waals surface area contributed by atoms with Gasteiger partial charge in [0.05, 0.1) is 11.9 Å². The Kier molecular flexibility index (Phi) is 6.70. The van der Waals surface area contributed by atoms with Gasteiger partial charge in [-0.15, -0.1) is 0 Å². The summed E-state index contributed by atoms with van der Waals surface area (Å²) in [6, 6.07) is 9.33. The van der Waals surface area contributed by atoms with Gasteiger partial charge in [0.25, 0.3) is 0 Å². The van der Waals surface area contributed by atoms with Gasteiger partial charge >= 0.3 is 12.0 Å². The van der Waals surface area contributed by atoms with E-state index in [0.29, 0.717) is 0 Å². The lowest BCUT2D eigenvalue weighted by atomic mass is 9.87. The van der Waals surface area contributed by atoms with Gasteiger partial charge in [-0.25, -0.2) is 12.8 Å². The van der Waals surface area contributed by atoms with E-state index in [1.54, 1.807) is 12.1 Å². The van der Waals surface area contributed by atoms with Crippen LogP contribution >= 0.6 is 0 Å². The summed E-state index contributed by atoms with van der Waals surface area (Å²) in [5.74, 6) is -2.78. The predicted octanol–water partition coefficient (Wildman–Crippen LogP) is 3.78. The topological polar surface area (TPSA) is 84.5 Å². The van der Waals surface area contributed by atoms with Crippen molar-refractivity contribution in [1.82, 2.24) is 5.32 Å². The molecule has 0 aromatic heterocycles. The lowest BCUT2D eigenvalue weighted by Crippen LogP contribution is -2.44. The van der Waals surface area contributed by atoms with Crippen molar-refractivity contribution in [2.24, 2.45) is 0 Å². The molecular weight excluding hydrogens is 420 g/mol. The van der Waals surface area contributed by atoms with Crippen molar-refractivity contribution < 1.29 is 31.1 Å². The van der Waals surface area contributed by atoms with Gasteiger partial charge < -0.3 is 10.1 Å². The Balaban J connectivity index is 2.00. The second kappa shape index (κ2) is 8.55. The maximum atomic E-state index is 14.1. The van der Waals surface area contributed by atoms with E-state index in [9.17, 15) is 26.4 Å². The number of alkyl halides is 2. The summed E-state index contributed by atoms with van der Waals surface area (Å²) >= 11 is 0. The van der Waals surface area contributed by atoms with E-state index in [2.05, 4.69) is 4.74 Å². The van der Waals surface area contributed by atoms with Crippen molar-refractivity contribution in [3.63, 3.8) is 0 Å². The number of halogens is 3. The summed E-state index contributed by atoms with van der Waals surface area (Å²) < 4.78 is 70.9. The van der Waals surface area contributed by atoms with E-state index in [-0.39, 0.29) is 22.4 Å². The summed E-state index contributed by atoms with van der Waals surface area (Å²) in [7, 11) is -3.67. The number of amides is 1. The van der Waals surface area contributed by atoms with Crippen LogP contribution < -0.4 is 14.8 Å². The van der Waals surface area contributed by atoms with Crippen molar-refractivity contribution >= 4 is 21.6 Å². The van der Waals surface area contributed by atoms with Crippen LogP contribution in [0.4, 0.5) is 18.9 Å². The number of hydrogen-bond acceptors (Lipinski definition) is 4. The fourth-order valence-corrected chi connectivity index (χ4v) is 3.02. The molecule has 0 bridgehead atoms. The van der Waals surface area contributed by atoms with Crippen LogP contribution in [0.15, 0.2) is 42.5 Å². The highest BCUT2D eigenvalue weighted by molar-refractivity contribution is 7.92. The second-order valence-corrected chi connectivity index (χ2v) is 9.51. The average molecular weight is 443 g/mol. The molecule has 0 heterocycles. The van der Waals surface area contributed by atoms with E-state index in [1.165, 1.54) is 18.2 Å². The van der Waals surface area contributed by atoms with Crippen molar-refractivity contribution in [3.05, 3.63) is 59.4 Å². The lowest BCUT2D eigenvalue weighted by Gasteiger charge is -2.21. The minimum Gasteiger partial charge on any atom is -0.425 e. The van der Waals surface area contributed by atoms with Crippen molar-refractivity contribution in [3.8, 4) is 5.75 Å². The van der Waals surface area contributed by atoms with E-state index in [1.807, 2.05) is 30.8 Å². The Morgan fingerprint density at radius 1 is 1.07 bits per heavy atom. The van der Waals surface area contributed by atoms with Crippen LogP contribution in [0.2, 0.25) is 0 Å². The number of carbonyl (C=O) groups is 1. The van der Waals surface area contributed by atoms with Gasteiger partial charge in [0, 0.05) is 6.54 Å². The molecule has 0 spiro atoms. The highest BCUT2D eigenvalue weighted by Crippen LogP contribution is 2.27. The molecule has 0 fully saturated rings. The van der Waals surface area contributed by atoms with Gasteiger partial charge in [0.15, 0.2) is 0 Å². The Morgan fingerprint density at radius 3 is 2.17 bits per heavy atom. The molecule has 2 rings (SSSR count). The molecule has 2 aromatic carbocycles. The number of ether oxygens (including phenoxy) is 1. The normalized spacial score (nSPS) is 14.0. The Bertz CT molecular complexity index is 1020. The molecule has 1 unspecified atom stereocenters. The lowest BCUT2D eigenvalue weighted by molar-refractivity contribution is -0.193. The molecule has 2 aromatic rings. The molecule has 2 N–H and O–H groups in total. The SMILES string of the molecule is CC(C)(C)c1ccc(OC(F)([18F])C(=O)NCc2ccc(NS(C)(=O)=O)c(F)c2)cc1. The van der Waals surface area contributed by atoms with E-state index in [0.717, 1.165) is 24.0 Å². The molecule has 0 saturated carbocycles. The molecule has 1 atom stereocenters. The van der Waals surface area contributed by atoms with Crippen LogP contribution in [0.3, 0.4) is 0 Å². The monoisotopic (exact) mass is 443 g/mol. The summed E-state index contributed by atoms with van der Waals surface area (Å²) in [6.07, 6.45) is -3.28. The van der Waals surface area contributed by atoms with Gasteiger partial charge in [0.1, 0.15) is 11.6 Å². The molecule has 0 aliphatic heterocycles. The summed E-state index contributed by atoms with van der Waals surface area (Å²) in [6.45, 7) is 5.50. The third-order valence-electron chi connectivity index (χ3n) is 4.01. The highest BCUT2D eigenvalue weighted by Gasteiger charge is 2.42. The Morgan fingerprint density at radius 2 is 1.67 bits per heavy atom. The zero-order chi connectivity index (χ0) is 22.7. The number of rotatable bonds is 7. The average Bonchev–Trinajstić information content (AvgIpc) is 2.60. The zero-order valence-corrected chi connectivity index (χ0v) is 17.7. The first-order valence-corrected chi connectivity index (χ1v) is 10.8. The van der Waals surface area contributed by atoms with Crippen LogP contribution in [-0.2, 0) is 26.8 Å². The maximum Gasteiger partial charge on any atom is 0.482 e. The minimum atomic E-state index is -4.14. The molecule has 164 valence electrons. The number of sulfonamides is 1. The van der Waals surface area contributed by atoms with Crippen LogP contribution in [0.5, 0.6) is 5.75 Å². The fourth-order valence-electron chi connectivity index (χ4n) is 2.45. The van der Waals surface area contributed by atoms with Gasteiger partial charge in [-0.2, -0.15) is 8.78 Å². The van der Waals surface area contributed by atoms with E-state index >= 15 is 0 Å². The molecule has 0 saturated heterocycles. The van der Waals surface area contributed by atoms with Crippen molar-refractivity contribution in [2.75, 3.05) is 11.0 Å². The number of anilines is 1. The summed E-state index contributed by atoms with van der Waals surface area (Å²) in [5.41, 5.74) is 0.615. The molecule has 0 aliphatic carbocycles. The molecular formula is C20H23F3N2O4S. The fraction of sp³-hybridized carbons (Fsp3) is 0.350.